The Kier molecular flexibility index (Phi) is 7.97. The number of hydrogen-bond acceptors (Lipinski definition) is 3. The van der Waals surface area contributed by atoms with Crippen LogP contribution in [0.4, 0.5) is 0 Å². The van der Waals surface area contributed by atoms with Gasteiger partial charge < -0.3 is 10.5 Å². The van der Waals surface area contributed by atoms with Gasteiger partial charge in [-0.1, -0.05) is 50.5 Å². The third-order valence-electron chi connectivity index (χ3n) is 3.47. The number of benzene rings is 1. The molecule has 112 valence electrons. The second-order valence-electron chi connectivity index (χ2n) is 5.30. The zero-order valence-corrected chi connectivity index (χ0v) is 12.7. The molecule has 0 radical (unpaired) electrons. The summed E-state index contributed by atoms with van der Waals surface area (Å²) in [5.41, 5.74) is 7.65. The summed E-state index contributed by atoms with van der Waals surface area (Å²) >= 11 is 0. The maximum atomic E-state index is 11.9. The SMILES string of the molecule is CCCCCCC(C)OC(=O)Cc1ccccc1CN. The zero-order chi connectivity index (χ0) is 14.8. The summed E-state index contributed by atoms with van der Waals surface area (Å²) in [6.45, 7) is 4.62. The first-order chi connectivity index (χ1) is 9.67. The molecule has 0 aliphatic heterocycles. The zero-order valence-electron chi connectivity index (χ0n) is 12.7. The standard InChI is InChI=1S/C17H27NO2/c1-3-4-5-6-9-14(2)20-17(19)12-15-10-7-8-11-16(15)13-18/h7-8,10-11,14H,3-6,9,12-13,18H2,1-2H3. The van der Waals surface area contributed by atoms with Crippen molar-refractivity contribution < 1.29 is 9.53 Å². The van der Waals surface area contributed by atoms with Crippen molar-refractivity contribution >= 4 is 5.97 Å². The van der Waals surface area contributed by atoms with Crippen LogP contribution in [0.25, 0.3) is 0 Å². The van der Waals surface area contributed by atoms with E-state index in [2.05, 4.69) is 6.92 Å². The Morgan fingerprint density at radius 1 is 1.20 bits per heavy atom. The van der Waals surface area contributed by atoms with E-state index in [1.807, 2.05) is 31.2 Å². The topological polar surface area (TPSA) is 52.3 Å². The van der Waals surface area contributed by atoms with Gasteiger partial charge in [0.2, 0.25) is 0 Å². The van der Waals surface area contributed by atoms with E-state index in [4.69, 9.17) is 10.5 Å². The molecule has 0 heterocycles. The van der Waals surface area contributed by atoms with Gasteiger partial charge in [0, 0.05) is 6.54 Å². The molecule has 0 fully saturated rings. The third-order valence-corrected chi connectivity index (χ3v) is 3.47. The predicted octanol–water partition coefficient (Wildman–Crippen LogP) is 3.59. The maximum Gasteiger partial charge on any atom is 0.310 e. The van der Waals surface area contributed by atoms with Gasteiger partial charge in [0.05, 0.1) is 12.5 Å². The molecule has 0 bridgehead atoms. The number of carbonyl (C=O) groups excluding carboxylic acids is 1. The lowest BCUT2D eigenvalue weighted by Crippen LogP contribution is -2.17. The molecule has 3 nitrogen and oxygen atoms in total. The van der Waals surface area contributed by atoms with E-state index >= 15 is 0 Å². The van der Waals surface area contributed by atoms with Crippen molar-refractivity contribution in [3.63, 3.8) is 0 Å². The number of nitrogens with two attached hydrogens (primary N) is 1. The van der Waals surface area contributed by atoms with E-state index in [-0.39, 0.29) is 12.1 Å². The van der Waals surface area contributed by atoms with Crippen LogP contribution in [0.2, 0.25) is 0 Å². The summed E-state index contributed by atoms with van der Waals surface area (Å²) in [4.78, 5) is 11.9. The van der Waals surface area contributed by atoms with Crippen LogP contribution in [0, 0.1) is 0 Å². The van der Waals surface area contributed by atoms with Crippen LogP contribution < -0.4 is 5.73 Å². The Bertz CT molecular complexity index is 404. The van der Waals surface area contributed by atoms with Crippen molar-refractivity contribution in [3.05, 3.63) is 35.4 Å². The van der Waals surface area contributed by atoms with Gasteiger partial charge in [0.25, 0.3) is 0 Å². The molecule has 0 aromatic heterocycles. The van der Waals surface area contributed by atoms with Gasteiger partial charge in [-0.15, -0.1) is 0 Å². The number of carbonyl (C=O) groups is 1. The van der Waals surface area contributed by atoms with Crippen molar-refractivity contribution in [2.24, 2.45) is 5.73 Å². The smallest absolute Gasteiger partial charge is 0.310 e. The molecule has 2 N–H and O–H groups in total. The molecular weight excluding hydrogens is 250 g/mol. The van der Waals surface area contributed by atoms with E-state index in [9.17, 15) is 4.79 Å². The summed E-state index contributed by atoms with van der Waals surface area (Å²) in [6, 6.07) is 7.76. The first-order valence-electron chi connectivity index (χ1n) is 7.63. The fourth-order valence-electron chi connectivity index (χ4n) is 2.27. The number of hydrogen-bond donors (Lipinski definition) is 1. The van der Waals surface area contributed by atoms with Gasteiger partial charge >= 0.3 is 5.97 Å². The highest BCUT2D eigenvalue weighted by molar-refractivity contribution is 5.73. The molecule has 0 amide bonds. The largest absolute Gasteiger partial charge is 0.462 e. The van der Waals surface area contributed by atoms with Crippen LogP contribution in [0.1, 0.15) is 57.1 Å². The van der Waals surface area contributed by atoms with Crippen LogP contribution >= 0.6 is 0 Å². The van der Waals surface area contributed by atoms with Crippen molar-refractivity contribution in [1.29, 1.82) is 0 Å². The van der Waals surface area contributed by atoms with E-state index in [1.54, 1.807) is 0 Å². The second-order valence-corrected chi connectivity index (χ2v) is 5.30. The molecule has 0 saturated carbocycles. The summed E-state index contributed by atoms with van der Waals surface area (Å²) in [5, 5.41) is 0. The van der Waals surface area contributed by atoms with Crippen LogP contribution in [0.5, 0.6) is 0 Å². The number of unbranched alkanes of at least 4 members (excludes halogenated alkanes) is 3. The second kappa shape index (κ2) is 9.54. The Balaban J connectivity index is 2.35. The van der Waals surface area contributed by atoms with Gasteiger partial charge in [0.15, 0.2) is 0 Å². The molecule has 1 unspecified atom stereocenters. The van der Waals surface area contributed by atoms with Gasteiger partial charge in [-0.3, -0.25) is 4.79 Å². The van der Waals surface area contributed by atoms with E-state index in [0.717, 1.165) is 24.0 Å². The van der Waals surface area contributed by atoms with Crippen molar-refractivity contribution in [1.82, 2.24) is 0 Å². The average molecular weight is 277 g/mol. The van der Waals surface area contributed by atoms with Gasteiger partial charge in [-0.25, -0.2) is 0 Å². The first kappa shape index (κ1) is 16.7. The molecule has 1 rings (SSSR count). The Morgan fingerprint density at radius 3 is 2.55 bits per heavy atom. The molecule has 0 spiro atoms. The highest BCUT2D eigenvalue weighted by Gasteiger charge is 2.11. The number of esters is 1. The normalized spacial score (nSPS) is 12.2. The van der Waals surface area contributed by atoms with Gasteiger partial charge in [-0.05, 0) is 30.9 Å². The highest BCUT2D eigenvalue weighted by atomic mass is 16.5. The maximum absolute atomic E-state index is 11.9. The molecule has 0 aliphatic rings. The molecule has 1 atom stereocenters. The van der Waals surface area contributed by atoms with Gasteiger partial charge in [0.1, 0.15) is 0 Å². The van der Waals surface area contributed by atoms with Crippen molar-refractivity contribution in [3.8, 4) is 0 Å². The fraction of sp³-hybridized carbons (Fsp3) is 0.588. The van der Waals surface area contributed by atoms with E-state index in [1.165, 1.54) is 19.3 Å². The van der Waals surface area contributed by atoms with Crippen molar-refractivity contribution in [2.75, 3.05) is 0 Å². The van der Waals surface area contributed by atoms with Crippen LogP contribution in [0.3, 0.4) is 0 Å². The molecule has 1 aromatic rings. The molecular formula is C17H27NO2. The minimum absolute atomic E-state index is 0.00407. The van der Waals surface area contributed by atoms with Gasteiger partial charge in [-0.2, -0.15) is 0 Å². The van der Waals surface area contributed by atoms with Crippen LogP contribution in [-0.4, -0.2) is 12.1 Å². The Labute approximate surface area is 122 Å². The van der Waals surface area contributed by atoms with Crippen LogP contribution in [-0.2, 0) is 22.5 Å². The number of rotatable bonds is 9. The molecule has 0 aliphatic carbocycles. The molecule has 3 heteroatoms. The third kappa shape index (κ3) is 6.20. The summed E-state index contributed by atoms with van der Waals surface area (Å²) in [6.07, 6.45) is 6.09. The number of ether oxygens (including phenoxy) is 1. The molecule has 1 aromatic carbocycles. The average Bonchev–Trinajstić information content (AvgIpc) is 2.44. The Morgan fingerprint density at radius 2 is 1.90 bits per heavy atom. The Hall–Kier alpha value is -1.35. The first-order valence-corrected chi connectivity index (χ1v) is 7.63. The molecule has 0 saturated heterocycles. The van der Waals surface area contributed by atoms with E-state index < -0.39 is 0 Å². The van der Waals surface area contributed by atoms with Crippen molar-refractivity contribution in [2.45, 2.75) is 65.0 Å². The summed E-state index contributed by atoms with van der Waals surface area (Å²) in [7, 11) is 0. The fourth-order valence-corrected chi connectivity index (χ4v) is 2.27. The lowest BCUT2D eigenvalue weighted by molar-refractivity contribution is -0.147. The lowest BCUT2D eigenvalue weighted by atomic mass is 10.0. The predicted molar refractivity (Wildman–Crippen MR) is 82.4 cm³/mol. The van der Waals surface area contributed by atoms with E-state index in [0.29, 0.717) is 13.0 Å². The summed E-state index contributed by atoms with van der Waals surface area (Å²) < 4.78 is 5.45. The quantitative estimate of drug-likeness (QED) is 0.554. The lowest BCUT2D eigenvalue weighted by Gasteiger charge is -2.14. The minimum atomic E-state index is -0.158. The summed E-state index contributed by atoms with van der Waals surface area (Å²) in [5.74, 6) is -0.158. The highest BCUT2D eigenvalue weighted by Crippen LogP contribution is 2.12. The minimum Gasteiger partial charge on any atom is -0.462 e. The molecule has 20 heavy (non-hydrogen) atoms. The van der Waals surface area contributed by atoms with Crippen LogP contribution in [0.15, 0.2) is 24.3 Å². The monoisotopic (exact) mass is 277 g/mol.